The van der Waals surface area contributed by atoms with Gasteiger partial charge >= 0.3 is 0 Å². The summed E-state index contributed by atoms with van der Waals surface area (Å²) in [5, 5.41) is 8.22. The topological polar surface area (TPSA) is 19.4 Å². The van der Waals surface area contributed by atoms with Crippen LogP contribution in [0.25, 0.3) is 65.5 Å². The Morgan fingerprint density at radius 1 is 0.309 bits per heavy atom. The third kappa shape index (κ3) is 7.94. The molecule has 0 aliphatic carbocycles. The lowest BCUT2D eigenvalue weighted by Gasteiger charge is -2.28. The monoisotopic (exact) mass is 877 g/mol. The molecule has 68 heavy (non-hydrogen) atoms. The van der Waals surface area contributed by atoms with Crippen LogP contribution in [0.2, 0.25) is 0 Å². The quantitative estimate of drug-likeness (QED) is 0.142. The van der Waals surface area contributed by atoms with Crippen molar-refractivity contribution in [1.29, 1.82) is 0 Å². The first-order chi connectivity index (χ1) is 33.0. The second kappa shape index (κ2) is 17.0. The average molecular weight is 878 g/mol. The minimum atomic E-state index is 0.00572. The highest BCUT2D eigenvalue weighted by Gasteiger charge is 2.24. The molecule has 11 rings (SSSR count). The molecule has 1 heterocycles. The molecule has 0 amide bonds. The molecule has 0 saturated heterocycles. The number of pyridine rings is 1. The Kier molecular flexibility index (Phi) is 10.7. The first kappa shape index (κ1) is 42.6. The second-order valence-electron chi connectivity index (χ2n) is 20.1. The highest BCUT2D eigenvalue weighted by atomic mass is 15.2. The Morgan fingerprint density at radius 3 is 1.22 bits per heavy atom. The van der Waals surface area contributed by atoms with Gasteiger partial charge in [0.2, 0.25) is 0 Å². The first-order valence-electron chi connectivity index (χ1n) is 23.8. The van der Waals surface area contributed by atoms with Crippen LogP contribution in [0.15, 0.2) is 225 Å². The zero-order valence-corrected chi connectivity index (χ0v) is 39.7. The Hall–Kier alpha value is -8.01. The summed E-state index contributed by atoms with van der Waals surface area (Å²) in [4.78, 5) is 10.4. The van der Waals surface area contributed by atoms with Crippen LogP contribution in [0.3, 0.4) is 0 Å². The van der Waals surface area contributed by atoms with Crippen molar-refractivity contribution in [3.63, 3.8) is 0 Å². The van der Waals surface area contributed by atoms with Gasteiger partial charge in [-0.25, -0.2) is 0 Å². The fourth-order valence-electron chi connectivity index (χ4n) is 9.89. The first-order valence-corrected chi connectivity index (χ1v) is 23.8. The van der Waals surface area contributed by atoms with Gasteiger partial charge in [0, 0.05) is 39.4 Å². The predicted octanol–water partition coefficient (Wildman–Crippen LogP) is 18.6. The van der Waals surface area contributed by atoms with E-state index in [9.17, 15) is 0 Å². The number of hydrogen-bond donors (Lipinski definition) is 0. The molecule has 0 N–H and O–H groups in total. The van der Waals surface area contributed by atoms with Crippen LogP contribution in [-0.2, 0) is 10.8 Å². The van der Waals surface area contributed by atoms with Gasteiger partial charge in [0.05, 0.1) is 17.4 Å². The van der Waals surface area contributed by atoms with E-state index in [1.165, 1.54) is 38.1 Å². The third-order valence-corrected chi connectivity index (χ3v) is 13.5. The molecular weight excluding hydrogens is 823 g/mol. The van der Waals surface area contributed by atoms with Crippen molar-refractivity contribution in [2.45, 2.75) is 52.4 Å². The summed E-state index contributed by atoms with van der Waals surface area (Å²) in [5.41, 5.74) is 14.5. The molecule has 10 aromatic carbocycles. The summed E-state index contributed by atoms with van der Waals surface area (Å²) in [5.74, 6) is 0. The second-order valence-corrected chi connectivity index (χ2v) is 20.1. The molecule has 0 saturated carbocycles. The average Bonchev–Trinajstić information content (AvgIpc) is 3.36. The van der Waals surface area contributed by atoms with E-state index >= 15 is 0 Å². The smallest absolute Gasteiger partial charge is 0.0794 e. The van der Waals surface area contributed by atoms with Gasteiger partial charge in [0.15, 0.2) is 0 Å². The fraction of sp³-hybridized carbons (Fsp3) is 0.123. The number of fused-ring (bicyclic) bond motifs is 4. The van der Waals surface area contributed by atoms with E-state index in [0.29, 0.717) is 0 Å². The normalized spacial score (nSPS) is 12.0. The largest absolute Gasteiger partial charge is 0.310 e. The number of hydrogen-bond acceptors (Lipinski definition) is 3. The number of aromatic nitrogens is 1. The van der Waals surface area contributed by atoms with Gasteiger partial charge in [-0.15, -0.1) is 0 Å². The molecular formula is C65H55N3. The lowest BCUT2D eigenvalue weighted by Crippen LogP contribution is -2.11. The molecule has 1 aromatic heterocycles. The zero-order valence-electron chi connectivity index (χ0n) is 39.7. The molecule has 3 heteroatoms. The van der Waals surface area contributed by atoms with Crippen LogP contribution in [0.4, 0.5) is 34.1 Å². The van der Waals surface area contributed by atoms with Crippen LogP contribution in [0.1, 0.15) is 52.7 Å². The van der Waals surface area contributed by atoms with Crippen LogP contribution in [0.5, 0.6) is 0 Å². The van der Waals surface area contributed by atoms with Crippen molar-refractivity contribution in [2.24, 2.45) is 0 Å². The van der Waals surface area contributed by atoms with E-state index in [4.69, 9.17) is 4.98 Å². The van der Waals surface area contributed by atoms with E-state index < -0.39 is 0 Å². The molecule has 0 spiro atoms. The molecule has 0 unspecified atom stereocenters. The zero-order chi connectivity index (χ0) is 46.6. The van der Waals surface area contributed by atoms with Gasteiger partial charge in [-0.3, -0.25) is 4.98 Å². The van der Waals surface area contributed by atoms with E-state index in [-0.39, 0.29) is 10.8 Å². The van der Waals surface area contributed by atoms with Gasteiger partial charge < -0.3 is 9.80 Å². The van der Waals surface area contributed by atoms with Crippen molar-refractivity contribution in [2.75, 3.05) is 9.80 Å². The Balaban J connectivity index is 1.23. The lowest BCUT2D eigenvalue weighted by atomic mass is 9.83. The molecule has 330 valence electrons. The van der Waals surface area contributed by atoms with Crippen LogP contribution >= 0.6 is 0 Å². The molecule has 0 atom stereocenters. The highest BCUT2D eigenvalue weighted by Crippen LogP contribution is 2.48. The Morgan fingerprint density at radius 2 is 0.721 bits per heavy atom. The van der Waals surface area contributed by atoms with E-state index in [1.807, 2.05) is 0 Å². The summed E-state index contributed by atoms with van der Waals surface area (Å²) < 4.78 is 0. The summed E-state index contributed by atoms with van der Waals surface area (Å²) in [6.07, 6.45) is 2.07. The lowest BCUT2D eigenvalue weighted by molar-refractivity contribution is 0.590. The van der Waals surface area contributed by atoms with Crippen LogP contribution in [-0.4, -0.2) is 4.98 Å². The van der Waals surface area contributed by atoms with Crippen molar-refractivity contribution in [3.8, 4) is 22.3 Å². The maximum absolute atomic E-state index is 5.63. The predicted molar refractivity (Wildman–Crippen MR) is 292 cm³/mol. The molecule has 0 fully saturated rings. The third-order valence-electron chi connectivity index (χ3n) is 13.5. The summed E-state index contributed by atoms with van der Waals surface area (Å²) >= 11 is 0. The van der Waals surface area contributed by atoms with Crippen molar-refractivity contribution in [1.82, 2.24) is 4.98 Å². The van der Waals surface area contributed by atoms with Gasteiger partial charge in [0.1, 0.15) is 0 Å². The minimum absolute atomic E-state index is 0.00572. The maximum atomic E-state index is 5.63. The Labute approximate surface area is 400 Å². The van der Waals surface area contributed by atoms with Gasteiger partial charge in [-0.2, -0.15) is 0 Å². The summed E-state index contributed by atoms with van der Waals surface area (Å²) in [7, 11) is 0. The van der Waals surface area contributed by atoms with Crippen molar-refractivity contribution < 1.29 is 0 Å². The molecule has 0 bridgehead atoms. The van der Waals surface area contributed by atoms with Crippen molar-refractivity contribution >= 4 is 77.3 Å². The minimum Gasteiger partial charge on any atom is -0.310 e. The number of para-hydroxylation sites is 2. The van der Waals surface area contributed by atoms with Gasteiger partial charge in [0.25, 0.3) is 0 Å². The number of nitrogens with zero attached hydrogens (tertiary/aromatic N) is 3. The van der Waals surface area contributed by atoms with Gasteiger partial charge in [-0.05, 0) is 138 Å². The SMILES string of the molecule is CC(C)(C)c1ccc(-c2c3ccc(N(c4ccccc4)c4ccc5ccccc5c4)cc3c(-c3ccc(C(C)(C)C)cc3)c3ncc(N(c4ccccc4)c4ccc5ccccc5c4)cc23)cc1. The van der Waals surface area contributed by atoms with E-state index in [0.717, 1.165) is 72.7 Å². The fourth-order valence-corrected chi connectivity index (χ4v) is 9.89. The summed E-state index contributed by atoms with van der Waals surface area (Å²) in [6, 6.07) is 80.0. The maximum Gasteiger partial charge on any atom is 0.0794 e. The standard InChI is InChI=1S/C65H55N3/c1-64(2,3)50-31-25-46(26-32-50)61-58-38-37-56(67(52-21-9-7-10-22-52)54-35-29-44-17-13-15-19-48(44)39-54)41-59(58)62(47-27-33-51(34-28-47)65(4,5)6)63-60(61)42-57(43-66-63)68(53-23-11-8-12-24-53)55-36-30-45-18-14-16-20-49(45)40-55/h7-43H,1-6H3. The molecule has 0 aliphatic rings. The number of benzene rings is 10. The Bertz CT molecular complexity index is 3370. The van der Waals surface area contributed by atoms with Crippen LogP contribution in [0, 0.1) is 0 Å². The van der Waals surface area contributed by atoms with Crippen molar-refractivity contribution in [3.05, 3.63) is 236 Å². The molecule has 0 radical (unpaired) electrons. The van der Waals surface area contributed by atoms with Gasteiger partial charge in [-0.1, -0.05) is 193 Å². The summed E-state index contributed by atoms with van der Waals surface area (Å²) in [6.45, 7) is 13.7. The highest BCUT2D eigenvalue weighted by molar-refractivity contribution is 6.21. The molecule has 0 aliphatic heterocycles. The molecule has 3 nitrogen and oxygen atoms in total. The van der Waals surface area contributed by atoms with E-state index in [2.05, 4.69) is 276 Å². The van der Waals surface area contributed by atoms with Crippen LogP contribution < -0.4 is 9.80 Å². The number of anilines is 6. The number of rotatable bonds is 8. The molecule has 11 aromatic rings. The van der Waals surface area contributed by atoms with E-state index in [1.54, 1.807) is 0 Å².